The van der Waals surface area contributed by atoms with Crippen molar-refractivity contribution in [3.63, 3.8) is 0 Å². The molecule has 0 aliphatic carbocycles. The molecule has 1 rings (SSSR count). The normalized spacial score (nSPS) is 10.7. The molecule has 0 saturated carbocycles. The highest BCUT2D eigenvalue weighted by molar-refractivity contribution is 7.99. The zero-order chi connectivity index (χ0) is 13.4. The number of anilines is 1. The quantitative estimate of drug-likeness (QED) is 0.435. The Bertz CT molecular complexity index is 366. The van der Waals surface area contributed by atoms with E-state index in [-0.39, 0.29) is 0 Å². The summed E-state index contributed by atoms with van der Waals surface area (Å²) >= 11 is 1.86. The fourth-order valence-electron chi connectivity index (χ4n) is 1.68. The van der Waals surface area contributed by atoms with E-state index in [0.717, 1.165) is 35.4 Å². The molecule has 3 nitrogen and oxygen atoms in total. The lowest BCUT2D eigenvalue weighted by Gasteiger charge is -2.12. The highest BCUT2D eigenvalue weighted by Crippen LogP contribution is 2.25. The van der Waals surface area contributed by atoms with Gasteiger partial charge in [-0.05, 0) is 32.4 Å². The molecule has 0 radical (unpaired) electrons. The zero-order valence-electron chi connectivity index (χ0n) is 12.0. The van der Waals surface area contributed by atoms with Crippen LogP contribution < -0.4 is 5.32 Å². The van der Waals surface area contributed by atoms with Gasteiger partial charge in [-0.1, -0.05) is 26.7 Å². The Kier molecular flexibility index (Phi) is 7.09. The Hall–Kier alpha value is -0.770. The van der Waals surface area contributed by atoms with Crippen molar-refractivity contribution in [2.75, 3.05) is 17.6 Å². The van der Waals surface area contributed by atoms with Crippen molar-refractivity contribution < 1.29 is 0 Å². The average Bonchev–Trinajstić information content (AvgIpc) is 2.36. The van der Waals surface area contributed by atoms with Crippen LogP contribution in [0.5, 0.6) is 0 Å². The smallest absolute Gasteiger partial charge is 0.133 e. The number of hydrogen-bond acceptors (Lipinski definition) is 4. The van der Waals surface area contributed by atoms with Crippen LogP contribution in [-0.4, -0.2) is 22.3 Å². The van der Waals surface area contributed by atoms with Crippen molar-refractivity contribution in [2.24, 2.45) is 0 Å². The highest BCUT2D eigenvalue weighted by atomic mass is 32.2. The molecule has 0 saturated heterocycles. The number of rotatable bonds is 8. The monoisotopic (exact) mass is 267 g/mol. The van der Waals surface area contributed by atoms with Gasteiger partial charge in [0.2, 0.25) is 0 Å². The van der Waals surface area contributed by atoms with E-state index in [9.17, 15) is 0 Å². The van der Waals surface area contributed by atoms with E-state index in [1.54, 1.807) is 0 Å². The fraction of sp³-hybridized carbons (Fsp3) is 0.714. The van der Waals surface area contributed by atoms with Crippen molar-refractivity contribution in [1.29, 1.82) is 0 Å². The van der Waals surface area contributed by atoms with Gasteiger partial charge in [0.1, 0.15) is 16.7 Å². The summed E-state index contributed by atoms with van der Waals surface area (Å²) in [4.78, 5) is 9.03. The molecule has 0 aromatic carbocycles. The summed E-state index contributed by atoms with van der Waals surface area (Å²) in [6, 6.07) is 0. The van der Waals surface area contributed by atoms with Crippen molar-refractivity contribution >= 4 is 17.6 Å². The minimum absolute atomic E-state index is 0.859. The molecule has 18 heavy (non-hydrogen) atoms. The second kappa shape index (κ2) is 8.35. The number of unbranched alkanes of at least 4 members (excludes halogenated alkanes) is 2. The Morgan fingerprint density at radius 1 is 1.06 bits per heavy atom. The van der Waals surface area contributed by atoms with Crippen LogP contribution in [0.15, 0.2) is 5.03 Å². The van der Waals surface area contributed by atoms with Crippen LogP contribution in [0.2, 0.25) is 0 Å². The number of thioether (sulfide) groups is 1. The van der Waals surface area contributed by atoms with Gasteiger partial charge in [-0.25, -0.2) is 9.97 Å². The van der Waals surface area contributed by atoms with E-state index in [0.29, 0.717) is 0 Å². The van der Waals surface area contributed by atoms with E-state index in [2.05, 4.69) is 36.1 Å². The number of nitrogens with zero attached hydrogens (tertiary/aromatic N) is 2. The summed E-state index contributed by atoms with van der Waals surface area (Å²) in [5, 5.41) is 4.52. The van der Waals surface area contributed by atoms with Gasteiger partial charge in [0.15, 0.2) is 0 Å². The molecule has 0 spiro atoms. The van der Waals surface area contributed by atoms with Gasteiger partial charge in [0.05, 0.1) is 0 Å². The highest BCUT2D eigenvalue weighted by Gasteiger charge is 2.08. The maximum atomic E-state index is 4.55. The third kappa shape index (κ3) is 4.84. The minimum atomic E-state index is 0.859. The first-order valence-corrected chi connectivity index (χ1v) is 7.89. The van der Waals surface area contributed by atoms with Crippen molar-refractivity contribution in [1.82, 2.24) is 9.97 Å². The summed E-state index contributed by atoms with van der Waals surface area (Å²) in [6.07, 6.45) is 4.95. The molecular weight excluding hydrogens is 242 g/mol. The largest absolute Gasteiger partial charge is 0.370 e. The number of nitrogens with one attached hydrogen (secondary N) is 1. The number of aryl methyl sites for hydroxylation is 1. The van der Waals surface area contributed by atoms with E-state index < -0.39 is 0 Å². The molecule has 0 aliphatic heterocycles. The number of aromatic nitrogens is 2. The summed E-state index contributed by atoms with van der Waals surface area (Å²) in [7, 11) is 0. The first-order chi connectivity index (χ1) is 8.69. The Morgan fingerprint density at radius 2 is 1.83 bits per heavy atom. The number of hydrogen-bond donors (Lipinski definition) is 1. The molecular formula is C14H25N3S. The Labute approximate surface area is 115 Å². The van der Waals surface area contributed by atoms with Crippen LogP contribution in [-0.2, 0) is 0 Å². The van der Waals surface area contributed by atoms with Gasteiger partial charge in [-0.2, -0.15) is 0 Å². The molecule has 0 aliphatic rings. The van der Waals surface area contributed by atoms with Crippen LogP contribution in [0.25, 0.3) is 0 Å². The molecule has 0 unspecified atom stereocenters. The lowest BCUT2D eigenvalue weighted by Crippen LogP contribution is -2.07. The molecule has 1 aromatic heterocycles. The van der Waals surface area contributed by atoms with Crippen LogP contribution >= 0.6 is 11.8 Å². The van der Waals surface area contributed by atoms with Crippen LogP contribution in [0.4, 0.5) is 5.82 Å². The van der Waals surface area contributed by atoms with Gasteiger partial charge < -0.3 is 5.32 Å². The molecule has 1 heterocycles. The first-order valence-electron chi connectivity index (χ1n) is 6.90. The van der Waals surface area contributed by atoms with Gasteiger partial charge in [-0.3, -0.25) is 0 Å². The zero-order valence-corrected chi connectivity index (χ0v) is 12.9. The van der Waals surface area contributed by atoms with Gasteiger partial charge in [0, 0.05) is 12.1 Å². The standard InChI is InChI=1S/C14H25N3S/c1-5-7-8-10-18-14-11(3)13(15-9-6-2)16-12(4)17-14/h5-10H2,1-4H3,(H,15,16,17). The second-order valence-corrected chi connectivity index (χ2v) is 5.62. The topological polar surface area (TPSA) is 37.8 Å². The van der Waals surface area contributed by atoms with Gasteiger partial charge >= 0.3 is 0 Å². The molecule has 102 valence electrons. The second-order valence-electron chi connectivity index (χ2n) is 4.53. The van der Waals surface area contributed by atoms with Crippen molar-refractivity contribution in [3.05, 3.63) is 11.4 Å². The predicted octanol–water partition coefficient (Wildman–Crippen LogP) is 4.20. The third-order valence-electron chi connectivity index (χ3n) is 2.74. The molecule has 0 amide bonds. The summed E-state index contributed by atoms with van der Waals surface area (Å²) in [5.41, 5.74) is 1.19. The van der Waals surface area contributed by atoms with E-state index in [4.69, 9.17) is 0 Å². The maximum absolute atomic E-state index is 4.55. The van der Waals surface area contributed by atoms with E-state index in [1.807, 2.05) is 18.7 Å². The molecule has 1 N–H and O–H groups in total. The lowest BCUT2D eigenvalue weighted by atomic mass is 10.3. The Morgan fingerprint density at radius 3 is 2.50 bits per heavy atom. The fourth-order valence-corrected chi connectivity index (χ4v) is 2.73. The van der Waals surface area contributed by atoms with Crippen LogP contribution in [0, 0.1) is 13.8 Å². The molecule has 4 heteroatoms. The van der Waals surface area contributed by atoms with Crippen LogP contribution in [0.3, 0.4) is 0 Å². The minimum Gasteiger partial charge on any atom is -0.370 e. The van der Waals surface area contributed by atoms with E-state index >= 15 is 0 Å². The molecule has 0 atom stereocenters. The first kappa shape index (κ1) is 15.3. The molecule has 0 bridgehead atoms. The molecule has 1 aromatic rings. The third-order valence-corrected chi connectivity index (χ3v) is 3.91. The maximum Gasteiger partial charge on any atom is 0.133 e. The predicted molar refractivity (Wildman–Crippen MR) is 80.5 cm³/mol. The van der Waals surface area contributed by atoms with Gasteiger partial charge in [0.25, 0.3) is 0 Å². The SMILES string of the molecule is CCCCCSc1nc(C)nc(NCCC)c1C. The Balaban J connectivity index is 2.68. The van der Waals surface area contributed by atoms with E-state index in [1.165, 1.54) is 24.8 Å². The van der Waals surface area contributed by atoms with Crippen molar-refractivity contribution in [3.8, 4) is 0 Å². The van der Waals surface area contributed by atoms with Gasteiger partial charge in [-0.15, -0.1) is 11.8 Å². The molecule has 0 fully saturated rings. The summed E-state index contributed by atoms with van der Waals surface area (Å²) in [5.74, 6) is 3.01. The summed E-state index contributed by atoms with van der Waals surface area (Å²) in [6.45, 7) is 9.44. The summed E-state index contributed by atoms with van der Waals surface area (Å²) < 4.78 is 0. The average molecular weight is 267 g/mol. The lowest BCUT2D eigenvalue weighted by molar-refractivity contribution is 0.777. The van der Waals surface area contributed by atoms with Crippen LogP contribution in [0.1, 0.15) is 50.9 Å². The van der Waals surface area contributed by atoms with Crippen molar-refractivity contribution in [2.45, 2.75) is 58.4 Å².